The lowest BCUT2D eigenvalue weighted by Crippen LogP contribution is -2.38. The Morgan fingerprint density at radius 2 is 2.10 bits per heavy atom. The minimum atomic E-state index is -3.05. The van der Waals surface area contributed by atoms with Crippen molar-refractivity contribution in [1.82, 2.24) is 4.72 Å². The van der Waals surface area contributed by atoms with E-state index in [1.54, 1.807) is 0 Å². The second kappa shape index (κ2) is 2.18. The molecule has 1 fully saturated rings. The number of hydrogen-bond acceptors (Lipinski definition) is 3. The number of nitrogens with two attached hydrogens (primary N) is 1. The van der Waals surface area contributed by atoms with Crippen molar-refractivity contribution in [3.05, 3.63) is 0 Å². The summed E-state index contributed by atoms with van der Waals surface area (Å²) in [7, 11) is -3.05. The van der Waals surface area contributed by atoms with Gasteiger partial charge in [0.05, 0.1) is 6.26 Å². The molecule has 1 rings (SSSR count). The highest BCUT2D eigenvalue weighted by atomic mass is 32.2. The second-order valence-corrected chi connectivity index (χ2v) is 4.79. The number of nitrogens with one attached hydrogen (secondary N) is 1. The fraction of sp³-hybridized carbons (Fsp3) is 1.00. The summed E-state index contributed by atoms with van der Waals surface area (Å²) in [5.41, 5.74) is 5.39. The van der Waals surface area contributed by atoms with Crippen LogP contribution in [-0.2, 0) is 10.0 Å². The quantitative estimate of drug-likeness (QED) is 0.563. The monoisotopic (exact) mass is 164 g/mol. The van der Waals surface area contributed by atoms with Gasteiger partial charge < -0.3 is 5.73 Å². The number of hydrogen-bond donors (Lipinski definition) is 2. The summed E-state index contributed by atoms with van der Waals surface area (Å²) >= 11 is 0. The minimum absolute atomic E-state index is 0.233. The second-order valence-electron chi connectivity index (χ2n) is 2.96. The van der Waals surface area contributed by atoms with Gasteiger partial charge in [-0.2, -0.15) is 0 Å². The zero-order valence-corrected chi connectivity index (χ0v) is 6.74. The third-order valence-electron chi connectivity index (χ3n) is 1.58. The van der Waals surface area contributed by atoms with Crippen LogP contribution >= 0.6 is 0 Å². The topological polar surface area (TPSA) is 72.2 Å². The summed E-state index contributed by atoms with van der Waals surface area (Å²) in [5, 5.41) is 0. The van der Waals surface area contributed by atoms with E-state index in [-0.39, 0.29) is 5.54 Å². The molecule has 3 N–H and O–H groups in total. The Bertz CT molecular complexity index is 218. The first-order chi connectivity index (χ1) is 4.41. The van der Waals surface area contributed by atoms with Crippen molar-refractivity contribution in [2.75, 3.05) is 12.8 Å². The van der Waals surface area contributed by atoms with Crippen LogP contribution in [0.3, 0.4) is 0 Å². The molecule has 0 saturated heterocycles. The standard InChI is InChI=1S/C5H12N2O2S/c1-10(8,9)7-4-5(6)2-3-5/h7H,2-4,6H2,1H3. The fourth-order valence-electron chi connectivity index (χ4n) is 0.612. The first kappa shape index (κ1) is 7.97. The SMILES string of the molecule is CS(=O)(=O)NCC1(N)CC1. The Hall–Kier alpha value is -0.130. The highest BCUT2D eigenvalue weighted by Gasteiger charge is 2.38. The Balaban J connectivity index is 2.30. The van der Waals surface area contributed by atoms with Gasteiger partial charge in [0.25, 0.3) is 0 Å². The van der Waals surface area contributed by atoms with Gasteiger partial charge in [-0.15, -0.1) is 0 Å². The molecular formula is C5H12N2O2S. The molecule has 0 heterocycles. The maximum absolute atomic E-state index is 10.5. The largest absolute Gasteiger partial charge is 0.324 e. The summed E-state index contributed by atoms with van der Waals surface area (Å²) < 4.78 is 23.4. The average molecular weight is 164 g/mol. The first-order valence-electron chi connectivity index (χ1n) is 3.15. The van der Waals surface area contributed by atoms with Gasteiger partial charge in [-0.1, -0.05) is 0 Å². The van der Waals surface area contributed by atoms with Crippen molar-refractivity contribution in [1.29, 1.82) is 0 Å². The maximum Gasteiger partial charge on any atom is 0.208 e. The van der Waals surface area contributed by atoms with Gasteiger partial charge in [0.15, 0.2) is 0 Å². The van der Waals surface area contributed by atoms with Crippen LogP contribution in [0.5, 0.6) is 0 Å². The lowest BCUT2D eigenvalue weighted by molar-refractivity contribution is 0.571. The van der Waals surface area contributed by atoms with E-state index in [9.17, 15) is 8.42 Å². The summed E-state index contributed by atoms with van der Waals surface area (Å²) in [5.74, 6) is 0. The maximum atomic E-state index is 10.5. The van der Waals surface area contributed by atoms with E-state index < -0.39 is 10.0 Å². The molecule has 0 aromatic heterocycles. The normalized spacial score (nSPS) is 22.6. The van der Waals surface area contributed by atoms with Crippen LogP contribution in [0.1, 0.15) is 12.8 Å². The van der Waals surface area contributed by atoms with Gasteiger partial charge >= 0.3 is 0 Å². The summed E-state index contributed by atoms with van der Waals surface area (Å²) in [6.07, 6.45) is 2.99. The van der Waals surface area contributed by atoms with Crippen LogP contribution in [0.25, 0.3) is 0 Å². The molecule has 0 aromatic rings. The average Bonchev–Trinajstić information content (AvgIpc) is 2.43. The molecule has 0 spiro atoms. The van der Waals surface area contributed by atoms with Crippen molar-refractivity contribution in [3.63, 3.8) is 0 Å². The van der Waals surface area contributed by atoms with Crippen LogP contribution in [0.4, 0.5) is 0 Å². The lowest BCUT2D eigenvalue weighted by Gasteiger charge is -2.07. The fourth-order valence-corrected chi connectivity index (χ4v) is 1.16. The summed E-state index contributed by atoms with van der Waals surface area (Å²) in [6.45, 7) is 0.381. The van der Waals surface area contributed by atoms with Crippen molar-refractivity contribution < 1.29 is 8.42 Å². The van der Waals surface area contributed by atoms with Gasteiger partial charge in [0.1, 0.15) is 0 Å². The molecule has 10 heavy (non-hydrogen) atoms. The molecule has 0 aliphatic heterocycles. The van der Waals surface area contributed by atoms with Crippen molar-refractivity contribution in [2.24, 2.45) is 5.73 Å². The van der Waals surface area contributed by atoms with E-state index in [0.717, 1.165) is 19.1 Å². The summed E-state index contributed by atoms with van der Waals surface area (Å²) in [6, 6.07) is 0. The van der Waals surface area contributed by atoms with E-state index >= 15 is 0 Å². The van der Waals surface area contributed by atoms with Gasteiger partial charge in [-0.3, -0.25) is 0 Å². The van der Waals surface area contributed by atoms with Crippen molar-refractivity contribution >= 4 is 10.0 Å². The predicted molar refractivity (Wildman–Crippen MR) is 39.0 cm³/mol. The zero-order chi connectivity index (χ0) is 7.83. The molecule has 0 aromatic carbocycles. The van der Waals surface area contributed by atoms with E-state index in [1.165, 1.54) is 0 Å². The zero-order valence-electron chi connectivity index (χ0n) is 5.92. The smallest absolute Gasteiger partial charge is 0.208 e. The van der Waals surface area contributed by atoms with Gasteiger partial charge in [0.2, 0.25) is 10.0 Å². The third-order valence-corrected chi connectivity index (χ3v) is 2.25. The molecule has 5 heteroatoms. The van der Waals surface area contributed by atoms with Crippen molar-refractivity contribution in [2.45, 2.75) is 18.4 Å². The molecule has 60 valence electrons. The highest BCUT2D eigenvalue weighted by Crippen LogP contribution is 2.30. The molecule has 0 atom stereocenters. The Morgan fingerprint density at radius 3 is 2.40 bits per heavy atom. The molecule has 4 nitrogen and oxygen atoms in total. The van der Waals surface area contributed by atoms with E-state index in [0.29, 0.717) is 6.54 Å². The highest BCUT2D eigenvalue weighted by molar-refractivity contribution is 7.88. The van der Waals surface area contributed by atoms with Crippen LogP contribution < -0.4 is 10.5 Å². The number of rotatable bonds is 3. The van der Waals surface area contributed by atoms with Gasteiger partial charge in [-0.25, -0.2) is 13.1 Å². The molecule has 0 amide bonds. The van der Waals surface area contributed by atoms with Crippen LogP contribution in [0.2, 0.25) is 0 Å². The van der Waals surface area contributed by atoms with E-state index in [4.69, 9.17) is 5.73 Å². The lowest BCUT2D eigenvalue weighted by atomic mass is 10.3. The van der Waals surface area contributed by atoms with Gasteiger partial charge in [-0.05, 0) is 12.8 Å². The van der Waals surface area contributed by atoms with Gasteiger partial charge in [0, 0.05) is 12.1 Å². The Labute approximate surface area is 60.8 Å². The first-order valence-corrected chi connectivity index (χ1v) is 5.04. The molecular weight excluding hydrogens is 152 g/mol. The number of sulfonamides is 1. The molecule has 1 saturated carbocycles. The molecule has 0 radical (unpaired) electrons. The van der Waals surface area contributed by atoms with Crippen LogP contribution in [0.15, 0.2) is 0 Å². The van der Waals surface area contributed by atoms with E-state index in [1.807, 2.05) is 0 Å². The summed E-state index contributed by atoms with van der Waals surface area (Å²) in [4.78, 5) is 0. The molecule has 1 aliphatic carbocycles. The predicted octanol–water partition coefficient (Wildman–Crippen LogP) is -0.973. The van der Waals surface area contributed by atoms with Crippen LogP contribution in [-0.4, -0.2) is 26.8 Å². The molecule has 0 bridgehead atoms. The van der Waals surface area contributed by atoms with E-state index in [2.05, 4.69) is 4.72 Å². The third kappa shape index (κ3) is 2.64. The minimum Gasteiger partial charge on any atom is -0.324 e. The molecule has 0 unspecified atom stereocenters. The van der Waals surface area contributed by atoms with Crippen LogP contribution in [0, 0.1) is 0 Å². The Morgan fingerprint density at radius 1 is 1.60 bits per heavy atom. The Kier molecular flexibility index (Phi) is 1.74. The molecule has 1 aliphatic rings. The van der Waals surface area contributed by atoms with Crippen molar-refractivity contribution in [3.8, 4) is 0 Å².